The lowest BCUT2D eigenvalue weighted by molar-refractivity contribution is 0.244. The molecule has 0 spiro atoms. The predicted octanol–water partition coefficient (Wildman–Crippen LogP) is 3.62. The third-order valence-corrected chi connectivity index (χ3v) is 5.55. The quantitative estimate of drug-likeness (QED) is 0.643. The summed E-state index contributed by atoms with van der Waals surface area (Å²) in [6.07, 6.45) is 0. The first-order valence-electron chi connectivity index (χ1n) is 9.73. The lowest BCUT2D eigenvalue weighted by Crippen LogP contribution is -2.46. The van der Waals surface area contributed by atoms with E-state index in [2.05, 4.69) is 30.1 Å². The van der Waals surface area contributed by atoms with Gasteiger partial charge in [-0.25, -0.2) is 4.39 Å². The number of nitrogens with two attached hydrogens (primary N) is 1. The van der Waals surface area contributed by atoms with Crippen molar-refractivity contribution in [2.45, 2.75) is 13.5 Å². The van der Waals surface area contributed by atoms with Crippen LogP contribution in [-0.4, -0.2) is 46.0 Å². The van der Waals surface area contributed by atoms with Gasteiger partial charge in [-0.3, -0.25) is 4.90 Å². The first kappa shape index (κ1) is 20.3. The number of hydrogen-bond donors (Lipinski definition) is 2. The van der Waals surface area contributed by atoms with Crippen LogP contribution in [0.5, 0.6) is 0 Å². The zero-order valence-corrected chi connectivity index (χ0v) is 17.4. The van der Waals surface area contributed by atoms with Gasteiger partial charge >= 0.3 is 0 Å². The maximum Gasteiger partial charge on any atom is 0.232 e. The van der Waals surface area contributed by atoms with Crippen LogP contribution in [0.3, 0.4) is 0 Å². The van der Waals surface area contributed by atoms with Crippen LogP contribution in [0.1, 0.15) is 11.4 Å². The van der Waals surface area contributed by atoms with Crippen molar-refractivity contribution in [1.29, 1.82) is 0 Å². The van der Waals surface area contributed by atoms with Gasteiger partial charge in [-0.2, -0.15) is 15.0 Å². The Morgan fingerprint density at radius 3 is 2.50 bits per heavy atom. The molecule has 2 heterocycles. The molecule has 0 atom stereocenters. The van der Waals surface area contributed by atoms with E-state index in [0.29, 0.717) is 23.3 Å². The van der Waals surface area contributed by atoms with Crippen LogP contribution in [0, 0.1) is 12.7 Å². The van der Waals surface area contributed by atoms with Gasteiger partial charge in [-0.05, 0) is 48.9 Å². The minimum atomic E-state index is -0.220. The van der Waals surface area contributed by atoms with Gasteiger partial charge in [0.15, 0.2) is 0 Å². The minimum absolute atomic E-state index is 0.173. The Morgan fingerprint density at radius 1 is 1.03 bits per heavy atom. The highest BCUT2D eigenvalue weighted by atomic mass is 35.5. The van der Waals surface area contributed by atoms with Gasteiger partial charge in [-0.1, -0.05) is 17.7 Å². The van der Waals surface area contributed by atoms with Gasteiger partial charge in [-0.15, -0.1) is 0 Å². The fourth-order valence-electron chi connectivity index (χ4n) is 3.44. The Kier molecular flexibility index (Phi) is 5.96. The summed E-state index contributed by atoms with van der Waals surface area (Å²) in [5, 5.41) is 3.85. The summed E-state index contributed by atoms with van der Waals surface area (Å²) >= 11 is 6.19. The van der Waals surface area contributed by atoms with E-state index in [1.54, 1.807) is 0 Å². The second-order valence-corrected chi connectivity index (χ2v) is 7.62. The molecule has 1 aromatic heterocycles. The molecule has 156 valence electrons. The Labute approximate surface area is 179 Å². The first-order chi connectivity index (χ1) is 14.5. The molecule has 0 radical (unpaired) electrons. The molecule has 1 fully saturated rings. The van der Waals surface area contributed by atoms with Gasteiger partial charge in [0.25, 0.3) is 0 Å². The fourth-order valence-corrected chi connectivity index (χ4v) is 3.62. The Balaban J connectivity index is 1.40. The number of nitrogen functional groups attached to an aromatic ring is 1. The van der Waals surface area contributed by atoms with Crippen molar-refractivity contribution >= 4 is 34.9 Å². The SMILES string of the molecule is Cc1c(Cl)cccc1Nc1nc(N)nc(CN2CCN(c3ccc(F)cc3)CC2)n1. The van der Waals surface area contributed by atoms with Crippen molar-refractivity contribution in [3.8, 4) is 0 Å². The van der Waals surface area contributed by atoms with E-state index in [-0.39, 0.29) is 11.8 Å². The number of anilines is 4. The highest BCUT2D eigenvalue weighted by Gasteiger charge is 2.19. The topological polar surface area (TPSA) is 83.2 Å². The van der Waals surface area contributed by atoms with Gasteiger partial charge in [0.1, 0.15) is 11.6 Å². The molecular formula is C21H23ClFN7. The molecule has 0 unspecified atom stereocenters. The summed E-state index contributed by atoms with van der Waals surface area (Å²) in [4.78, 5) is 17.5. The van der Waals surface area contributed by atoms with Crippen molar-refractivity contribution in [3.63, 3.8) is 0 Å². The molecule has 2 aromatic carbocycles. The molecule has 3 N–H and O–H groups in total. The average molecular weight is 428 g/mol. The van der Waals surface area contributed by atoms with E-state index < -0.39 is 0 Å². The number of rotatable bonds is 5. The number of nitrogens with zero attached hydrogens (tertiary/aromatic N) is 5. The van der Waals surface area contributed by atoms with E-state index in [4.69, 9.17) is 17.3 Å². The number of piperazine rings is 1. The van der Waals surface area contributed by atoms with Gasteiger partial charge in [0, 0.05) is 42.6 Å². The van der Waals surface area contributed by atoms with Crippen molar-refractivity contribution in [2.75, 3.05) is 42.1 Å². The predicted molar refractivity (Wildman–Crippen MR) is 118 cm³/mol. The monoisotopic (exact) mass is 427 g/mol. The van der Waals surface area contributed by atoms with Gasteiger partial charge in [0.05, 0.1) is 6.54 Å². The number of nitrogens with one attached hydrogen (secondary N) is 1. The highest BCUT2D eigenvalue weighted by Crippen LogP contribution is 2.25. The van der Waals surface area contributed by atoms with E-state index in [1.807, 2.05) is 37.3 Å². The molecular weight excluding hydrogens is 405 g/mol. The van der Waals surface area contributed by atoms with Crippen molar-refractivity contribution < 1.29 is 4.39 Å². The van der Waals surface area contributed by atoms with Crippen LogP contribution in [0.15, 0.2) is 42.5 Å². The lowest BCUT2D eigenvalue weighted by Gasteiger charge is -2.35. The first-order valence-corrected chi connectivity index (χ1v) is 10.1. The van der Waals surface area contributed by atoms with Crippen molar-refractivity contribution in [1.82, 2.24) is 19.9 Å². The van der Waals surface area contributed by atoms with Crippen LogP contribution in [0.2, 0.25) is 5.02 Å². The third-order valence-electron chi connectivity index (χ3n) is 5.14. The zero-order chi connectivity index (χ0) is 21.1. The summed E-state index contributed by atoms with van der Waals surface area (Å²) in [5.74, 6) is 0.960. The second kappa shape index (κ2) is 8.81. The van der Waals surface area contributed by atoms with Crippen LogP contribution in [0.4, 0.5) is 27.7 Å². The Bertz CT molecular complexity index is 1020. The number of hydrogen-bond acceptors (Lipinski definition) is 7. The Hall–Kier alpha value is -2.97. The fraction of sp³-hybridized carbons (Fsp3) is 0.286. The second-order valence-electron chi connectivity index (χ2n) is 7.21. The molecule has 7 nitrogen and oxygen atoms in total. The molecule has 30 heavy (non-hydrogen) atoms. The minimum Gasteiger partial charge on any atom is -0.369 e. The van der Waals surface area contributed by atoms with Crippen molar-refractivity contribution in [2.24, 2.45) is 0 Å². The van der Waals surface area contributed by atoms with E-state index in [9.17, 15) is 4.39 Å². The van der Waals surface area contributed by atoms with Crippen LogP contribution in [-0.2, 0) is 6.54 Å². The van der Waals surface area contributed by atoms with E-state index in [1.165, 1.54) is 12.1 Å². The van der Waals surface area contributed by atoms with Crippen LogP contribution in [0.25, 0.3) is 0 Å². The number of halogens is 2. The summed E-state index contributed by atoms with van der Waals surface area (Å²) in [7, 11) is 0. The van der Waals surface area contributed by atoms with E-state index in [0.717, 1.165) is 43.1 Å². The molecule has 0 amide bonds. The average Bonchev–Trinajstić information content (AvgIpc) is 2.72. The third kappa shape index (κ3) is 4.77. The summed E-state index contributed by atoms with van der Waals surface area (Å²) in [5.41, 5.74) is 8.68. The molecule has 3 aromatic rings. The number of benzene rings is 2. The molecule has 0 saturated carbocycles. The molecule has 0 aliphatic carbocycles. The number of aromatic nitrogens is 3. The molecule has 4 rings (SSSR count). The largest absolute Gasteiger partial charge is 0.369 e. The molecule has 1 aliphatic rings. The zero-order valence-electron chi connectivity index (χ0n) is 16.6. The van der Waals surface area contributed by atoms with Gasteiger partial charge in [0.2, 0.25) is 11.9 Å². The maximum absolute atomic E-state index is 13.1. The molecule has 1 saturated heterocycles. The van der Waals surface area contributed by atoms with Crippen LogP contribution >= 0.6 is 11.6 Å². The smallest absolute Gasteiger partial charge is 0.232 e. The van der Waals surface area contributed by atoms with Crippen LogP contribution < -0.4 is 16.0 Å². The summed E-state index contributed by atoms with van der Waals surface area (Å²) in [6, 6.07) is 12.2. The standard InChI is InChI=1S/C21H23ClFN7/c1-14-17(22)3-2-4-18(14)25-21-27-19(26-20(24)28-21)13-29-9-11-30(12-10-29)16-7-5-15(23)6-8-16/h2-8H,9-13H2,1H3,(H3,24,25,26,27,28). The molecule has 0 bridgehead atoms. The maximum atomic E-state index is 13.1. The van der Waals surface area contributed by atoms with Gasteiger partial charge < -0.3 is 16.0 Å². The van der Waals surface area contributed by atoms with E-state index >= 15 is 0 Å². The summed E-state index contributed by atoms with van der Waals surface area (Å²) < 4.78 is 13.1. The molecule has 1 aliphatic heterocycles. The molecule has 9 heteroatoms. The normalized spacial score (nSPS) is 14.7. The lowest BCUT2D eigenvalue weighted by atomic mass is 10.2. The van der Waals surface area contributed by atoms with Crippen molar-refractivity contribution in [3.05, 3.63) is 64.7 Å². The highest BCUT2D eigenvalue weighted by molar-refractivity contribution is 6.31. The Morgan fingerprint density at radius 2 is 1.77 bits per heavy atom. The summed E-state index contributed by atoms with van der Waals surface area (Å²) in [6.45, 7) is 5.89.